The van der Waals surface area contributed by atoms with Gasteiger partial charge in [-0.2, -0.15) is 0 Å². The van der Waals surface area contributed by atoms with Crippen LogP contribution < -0.4 is 4.57 Å². The van der Waals surface area contributed by atoms with Gasteiger partial charge in [0.2, 0.25) is 0 Å². The van der Waals surface area contributed by atoms with Crippen LogP contribution in [0.15, 0.2) is 57.0 Å². The van der Waals surface area contributed by atoms with Crippen molar-refractivity contribution in [1.82, 2.24) is 4.90 Å². The first kappa shape index (κ1) is 22.6. The molecule has 0 atom stereocenters. The van der Waals surface area contributed by atoms with Crippen LogP contribution in [0.25, 0.3) is 0 Å². The fourth-order valence-corrected chi connectivity index (χ4v) is 1.61. The number of aliphatic hydroxyl groups is 1. The second-order valence-electron chi connectivity index (χ2n) is 4.93. The Labute approximate surface area is 151 Å². The molecule has 0 saturated heterocycles. The van der Waals surface area contributed by atoms with Crippen LogP contribution in [0.1, 0.15) is 34.1 Å². The van der Waals surface area contributed by atoms with E-state index in [9.17, 15) is 0 Å². The minimum Gasteiger partial charge on any atom is -0.395 e. The summed E-state index contributed by atoms with van der Waals surface area (Å²) in [5, 5.41) is 25.5. The highest BCUT2D eigenvalue weighted by atomic mass is 16.3. The molecule has 0 saturated carbocycles. The quantitative estimate of drug-likeness (QED) is 0.282. The maximum atomic E-state index is 9.03. The summed E-state index contributed by atoms with van der Waals surface area (Å²) in [5.74, 6) is 1.85. The molecule has 138 valence electrons. The van der Waals surface area contributed by atoms with Crippen molar-refractivity contribution >= 4 is 17.5 Å². The van der Waals surface area contributed by atoms with Gasteiger partial charge in [0.05, 0.1) is 25.0 Å². The van der Waals surface area contributed by atoms with E-state index >= 15 is 0 Å². The highest BCUT2D eigenvalue weighted by Gasteiger charge is 2.04. The van der Waals surface area contributed by atoms with Gasteiger partial charge < -0.3 is 10.0 Å². The summed E-state index contributed by atoms with van der Waals surface area (Å²) in [6, 6.07) is 5.69. The van der Waals surface area contributed by atoms with E-state index in [1.807, 2.05) is 80.9 Å². The summed E-state index contributed by atoms with van der Waals surface area (Å²) >= 11 is 0. The van der Waals surface area contributed by atoms with Gasteiger partial charge >= 0.3 is 5.82 Å². The molecule has 1 aromatic heterocycles. The molecular weight excluding hydrogens is 316 g/mol. The third kappa shape index (κ3) is 9.46. The van der Waals surface area contributed by atoms with Crippen molar-refractivity contribution in [2.24, 2.45) is 27.5 Å². The third-order valence-electron chi connectivity index (χ3n) is 2.95. The molecule has 0 amide bonds. The van der Waals surface area contributed by atoms with Crippen LogP contribution in [0.5, 0.6) is 0 Å². The van der Waals surface area contributed by atoms with Crippen LogP contribution in [-0.2, 0) is 7.05 Å². The number of likely N-dealkylation sites (N-methyl/N-ethyl adjacent to an activating group) is 1. The molecule has 0 aliphatic carbocycles. The molecule has 0 radical (unpaired) electrons. The summed E-state index contributed by atoms with van der Waals surface area (Å²) in [6.07, 6.45) is 6.67. The number of rotatable bonds is 6. The number of hydrogen-bond acceptors (Lipinski definition) is 4. The molecule has 0 aromatic carbocycles. The topological polar surface area (TPSA) is 76.8 Å². The average molecular weight is 347 g/mol. The molecule has 7 nitrogen and oxygen atoms in total. The van der Waals surface area contributed by atoms with E-state index in [0.29, 0.717) is 18.2 Å². The number of nitrogens with zero attached hydrogens (tertiary/aromatic N) is 6. The molecule has 0 spiro atoms. The van der Waals surface area contributed by atoms with Crippen molar-refractivity contribution in [1.29, 1.82) is 0 Å². The van der Waals surface area contributed by atoms with Gasteiger partial charge in [-0.25, -0.2) is 4.57 Å². The normalized spacial score (nSPS) is 12.4. The zero-order valence-corrected chi connectivity index (χ0v) is 16.2. The molecule has 1 heterocycles. The lowest BCUT2D eigenvalue weighted by atomic mass is 10.3. The van der Waals surface area contributed by atoms with Gasteiger partial charge in [-0.15, -0.1) is 10.2 Å². The van der Waals surface area contributed by atoms with Crippen LogP contribution in [0.3, 0.4) is 0 Å². The summed E-state index contributed by atoms with van der Waals surface area (Å²) in [5.41, 5.74) is 0. The van der Waals surface area contributed by atoms with E-state index in [1.165, 1.54) is 0 Å². The van der Waals surface area contributed by atoms with Crippen LogP contribution in [0.4, 0.5) is 5.82 Å². The van der Waals surface area contributed by atoms with Gasteiger partial charge in [-0.1, -0.05) is 32.9 Å². The van der Waals surface area contributed by atoms with Crippen molar-refractivity contribution in [2.75, 3.05) is 20.2 Å². The molecule has 0 aliphatic rings. The molecule has 0 bridgehead atoms. The summed E-state index contributed by atoms with van der Waals surface area (Å²) in [6.45, 7) is 8.33. The number of azo groups is 1. The number of aliphatic hydroxyl groups excluding tert-OH is 1. The number of hydrogen-bond donors (Lipinski definition) is 1. The van der Waals surface area contributed by atoms with Gasteiger partial charge in [-0.05, 0) is 23.7 Å². The molecular formula is C18H31N6O+. The molecule has 1 aromatic rings. The van der Waals surface area contributed by atoms with Crippen LogP contribution in [0.2, 0.25) is 0 Å². The fraction of sp³-hybridized carbons (Fsp3) is 0.500. The van der Waals surface area contributed by atoms with E-state index < -0.39 is 0 Å². The average Bonchev–Trinajstić information content (AvgIpc) is 2.63. The minimum absolute atomic E-state index is 0.0579. The Balaban J connectivity index is 0.00000277. The Kier molecular flexibility index (Phi) is 12.6. The van der Waals surface area contributed by atoms with Crippen molar-refractivity contribution < 1.29 is 9.67 Å². The van der Waals surface area contributed by atoms with Crippen molar-refractivity contribution in [2.45, 2.75) is 34.1 Å². The maximum Gasteiger partial charge on any atom is 0.350 e. The first-order chi connectivity index (χ1) is 12.1. The van der Waals surface area contributed by atoms with Gasteiger partial charge in [-0.3, -0.25) is 0 Å². The van der Waals surface area contributed by atoms with Crippen molar-refractivity contribution in [3.8, 4) is 0 Å². The monoisotopic (exact) mass is 347 g/mol. The Morgan fingerprint density at radius 1 is 1.28 bits per heavy atom. The Bertz CT molecular complexity index is 607. The Morgan fingerprint density at radius 2 is 2.00 bits per heavy atom. The number of pyridine rings is 1. The molecule has 0 unspecified atom stereocenters. The molecule has 1 rings (SSSR count). The van der Waals surface area contributed by atoms with E-state index in [1.54, 1.807) is 6.92 Å². The first-order valence-corrected chi connectivity index (χ1v) is 8.55. The van der Waals surface area contributed by atoms with Crippen molar-refractivity contribution in [3.63, 3.8) is 0 Å². The second-order valence-corrected chi connectivity index (χ2v) is 4.93. The Hall–Kier alpha value is -2.41. The standard InChI is InChI=1S/C16H25N6O.C2H6/c1-5-6-9-15(22(4)12-13-23)19-17-14(2)18-20-16-10-7-8-11-21(16)3;1-2/h6-11,23H,5,12-13H2,1-4H3;1-2H3/q+1;/b9-6-;. The smallest absolute Gasteiger partial charge is 0.350 e. The van der Waals surface area contributed by atoms with Gasteiger partial charge in [0.15, 0.2) is 11.7 Å². The number of amidine groups is 2. The highest BCUT2D eigenvalue weighted by Crippen LogP contribution is 2.03. The zero-order chi connectivity index (χ0) is 19.1. The predicted octanol–water partition coefficient (Wildman–Crippen LogP) is 3.24. The third-order valence-corrected chi connectivity index (χ3v) is 2.95. The maximum absolute atomic E-state index is 9.03. The Morgan fingerprint density at radius 3 is 2.60 bits per heavy atom. The molecule has 7 heteroatoms. The van der Waals surface area contributed by atoms with E-state index in [0.717, 1.165) is 12.2 Å². The molecule has 1 N–H and O–H groups in total. The minimum atomic E-state index is 0.0579. The van der Waals surface area contributed by atoms with Crippen LogP contribution >= 0.6 is 0 Å². The lowest BCUT2D eigenvalue weighted by Crippen LogP contribution is -2.28. The summed E-state index contributed by atoms with van der Waals surface area (Å²) in [7, 11) is 3.75. The largest absolute Gasteiger partial charge is 0.395 e. The van der Waals surface area contributed by atoms with E-state index in [-0.39, 0.29) is 6.61 Å². The van der Waals surface area contributed by atoms with Crippen LogP contribution in [0, 0.1) is 0 Å². The van der Waals surface area contributed by atoms with Gasteiger partial charge in [0.25, 0.3) is 0 Å². The van der Waals surface area contributed by atoms with Crippen LogP contribution in [-0.4, -0.2) is 41.9 Å². The number of allylic oxidation sites excluding steroid dienone is 1. The van der Waals surface area contributed by atoms with Gasteiger partial charge in [0, 0.05) is 26.6 Å². The van der Waals surface area contributed by atoms with E-state index in [2.05, 4.69) is 20.4 Å². The second kappa shape index (κ2) is 14.0. The van der Waals surface area contributed by atoms with Crippen molar-refractivity contribution in [3.05, 3.63) is 36.5 Å². The predicted molar refractivity (Wildman–Crippen MR) is 103 cm³/mol. The first-order valence-electron chi connectivity index (χ1n) is 8.55. The summed E-state index contributed by atoms with van der Waals surface area (Å²) in [4.78, 5) is 1.83. The number of aromatic nitrogens is 1. The fourth-order valence-electron chi connectivity index (χ4n) is 1.61. The van der Waals surface area contributed by atoms with E-state index in [4.69, 9.17) is 5.11 Å². The lowest BCUT2D eigenvalue weighted by Gasteiger charge is -2.16. The zero-order valence-electron chi connectivity index (χ0n) is 16.2. The molecule has 0 aliphatic heterocycles. The number of aryl methyl sites for hydroxylation is 1. The molecule has 25 heavy (non-hydrogen) atoms. The lowest BCUT2D eigenvalue weighted by molar-refractivity contribution is -0.658. The highest BCUT2D eigenvalue weighted by molar-refractivity contribution is 5.93. The SMILES string of the molecule is CC.CC\C=C/C(=N\N=C(/C)N=Nc1cccc[n+]1C)N(C)CCO. The summed E-state index contributed by atoms with van der Waals surface area (Å²) < 4.78 is 1.87. The molecule has 0 fully saturated rings. The van der Waals surface area contributed by atoms with Gasteiger partial charge in [0.1, 0.15) is 0 Å².